The van der Waals surface area contributed by atoms with E-state index in [1.807, 2.05) is 6.07 Å². The molecule has 1 heterocycles. The van der Waals surface area contributed by atoms with Gasteiger partial charge in [0.25, 0.3) is 5.89 Å². The van der Waals surface area contributed by atoms with Gasteiger partial charge < -0.3 is 10.3 Å². The van der Waals surface area contributed by atoms with E-state index in [0.717, 1.165) is 4.47 Å². The lowest BCUT2D eigenvalue weighted by atomic mass is 10.2. The highest BCUT2D eigenvalue weighted by molar-refractivity contribution is 9.10. The predicted octanol–water partition coefficient (Wildman–Crippen LogP) is 4.54. The van der Waals surface area contributed by atoms with E-state index >= 15 is 0 Å². The normalized spacial score (nSPS) is 10.8. The topological polar surface area (TPSA) is 64.9 Å². The van der Waals surface area contributed by atoms with Crippen LogP contribution < -0.4 is 5.73 Å². The van der Waals surface area contributed by atoms with Gasteiger partial charge in [0.1, 0.15) is 5.82 Å². The summed E-state index contributed by atoms with van der Waals surface area (Å²) < 4.78 is 19.2. The Kier molecular flexibility index (Phi) is 3.65. The summed E-state index contributed by atoms with van der Waals surface area (Å²) in [5.74, 6) is 0.146. The average Bonchev–Trinajstić information content (AvgIpc) is 2.90. The molecule has 1 aromatic heterocycles. The van der Waals surface area contributed by atoms with E-state index < -0.39 is 5.82 Å². The zero-order chi connectivity index (χ0) is 15.0. The molecule has 0 spiro atoms. The van der Waals surface area contributed by atoms with Crippen molar-refractivity contribution in [2.24, 2.45) is 0 Å². The van der Waals surface area contributed by atoms with E-state index in [1.54, 1.807) is 12.1 Å². The molecule has 3 aromatic rings. The van der Waals surface area contributed by atoms with Gasteiger partial charge in [-0.05, 0) is 36.4 Å². The van der Waals surface area contributed by atoms with Crippen LogP contribution >= 0.6 is 27.5 Å². The zero-order valence-corrected chi connectivity index (χ0v) is 12.8. The number of halogens is 3. The SMILES string of the molecule is Nc1cc(Br)cc(-c2nc(-c3ccc(F)c(Cl)c3)no2)c1. The lowest BCUT2D eigenvalue weighted by molar-refractivity contribution is 0.432. The van der Waals surface area contributed by atoms with Gasteiger partial charge in [0.15, 0.2) is 0 Å². The minimum atomic E-state index is -0.496. The Labute approximate surface area is 132 Å². The maximum atomic E-state index is 13.2. The standard InChI is InChI=1S/C14H8BrClFN3O/c15-9-3-8(4-10(18)6-9)14-19-13(20-21-14)7-1-2-12(17)11(16)5-7/h1-6H,18H2. The lowest BCUT2D eigenvalue weighted by Crippen LogP contribution is -1.87. The third-order valence-corrected chi connectivity index (χ3v) is 3.52. The molecule has 0 atom stereocenters. The van der Waals surface area contributed by atoms with Gasteiger partial charge in [-0.3, -0.25) is 0 Å². The molecule has 0 unspecified atom stereocenters. The molecule has 0 radical (unpaired) electrons. The second kappa shape index (κ2) is 5.46. The van der Waals surface area contributed by atoms with Crippen molar-refractivity contribution in [1.82, 2.24) is 10.1 Å². The molecule has 3 rings (SSSR count). The summed E-state index contributed by atoms with van der Waals surface area (Å²) >= 11 is 9.10. The summed E-state index contributed by atoms with van der Waals surface area (Å²) in [6, 6.07) is 9.53. The van der Waals surface area contributed by atoms with E-state index in [-0.39, 0.29) is 5.02 Å². The molecule has 0 saturated heterocycles. The largest absolute Gasteiger partial charge is 0.399 e. The van der Waals surface area contributed by atoms with Crippen LogP contribution in [0.2, 0.25) is 5.02 Å². The number of hydrogen-bond donors (Lipinski definition) is 1. The molecule has 0 saturated carbocycles. The first-order valence-electron chi connectivity index (χ1n) is 5.88. The third-order valence-electron chi connectivity index (χ3n) is 2.77. The van der Waals surface area contributed by atoms with E-state index in [2.05, 4.69) is 26.1 Å². The van der Waals surface area contributed by atoms with Crippen molar-refractivity contribution in [2.45, 2.75) is 0 Å². The summed E-state index contributed by atoms with van der Waals surface area (Å²) in [5.41, 5.74) is 7.60. The number of nitrogens with zero attached hydrogens (tertiary/aromatic N) is 2. The zero-order valence-electron chi connectivity index (χ0n) is 10.5. The summed E-state index contributed by atoms with van der Waals surface area (Å²) in [5, 5.41) is 3.87. The molecule has 0 bridgehead atoms. The Morgan fingerprint density at radius 2 is 1.95 bits per heavy atom. The van der Waals surface area contributed by atoms with E-state index in [1.165, 1.54) is 18.2 Å². The maximum Gasteiger partial charge on any atom is 0.258 e. The Morgan fingerprint density at radius 3 is 2.67 bits per heavy atom. The minimum absolute atomic E-state index is 0.00514. The summed E-state index contributed by atoms with van der Waals surface area (Å²) in [4.78, 5) is 4.27. The van der Waals surface area contributed by atoms with E-state index in [4.69, 9.17) is 21.9 Å². The number of nitrogens with two attached hydrogens (primary N) is 1. The molecule has 7 heteroatoms. The van der Waals surface area contributed by atoms with Crippen LogP contribution in [0.4, 0.5) is 10.1 Å². The van der Waals surface area contributed by atoms with Crippen molar-refractivity contribution in [3.05, 3.63) is 51.7 Å². The molecule has 0 amide bonds. The fourth-order valence-electron chi connectivity index (χ4n) is 1.83. The van der Waals surface area contributed by atoms with Crippen molar-refractivity contribution in [3.63, 3.8) is 0 Å². The van der Waals surface area contributed by atoms with Crippen LogP contribution in [0.15, 0.2) is 45.4 Å². The molecule has 106 valence electrons. The number of nitrogen functional groups attached to an aromatic ring is 1. The van der Waals surface area contributed by atoms with Crippen LogP contribution in [-0.2, 0) is 0 Å². The van der Waals surface area contributed by atoms with Crippen LogP contribution in [0.25, 0.3) is 22.8 Å². The van der Waals surface area contributed by atoms with Gasteiger partial charge in [0.05, 0.1) is 5.02 Å². The number of anilines is 1. The second-order valence-corrected chi connectivity index (χ2v) is 5.65. The Hall–Kier alpha value is -1.92. The lowest BCUT2D eigenvalue weighted by Gasteiger charge is -1.98. The predicted molar refractivity (Wildman–Crippen MR) is 82.3 cm³/mol. The molecule has 4 nitrogen and oxygen atoms in total. The molecule has 0 aliphatic heterocycles. The van der Waals surface area contributed by atoms with Gasteiger partial charge in [-0.2, -0.15) is 4.98 Å². The first-order valence-corrected chi connectivity index (χ1v) is 7.05. The van der Waals surface area contributed by atoms with Crippen molar-refractivity contribution in [2.75, 3.05) is 5.73 Å². The van der Waals surface area contributed by atoms with Crippen LogP contribution in [0.3, 0.4) is 0 Å². The summed E-state index contributed by atoms with van der Waals surface area (Å²) in [6.45, 7) is 0. The average molecular weight is 369 g/mol. The fourth-order valence-corrected chi connectivity index (χ4v) is 2.52. The molecular weight excluding hydrogens is 361 g/mol. The first kappa shape index (κ1) is 14.0. The second-order valence-electron chi connectivity index (χ2n) is 4.33. The van der Waals surface area contributed by atoms with E-state index in [9.17, 15) is 4.39 Å². The van der Waals surface area contributed by atoms with Crippen LogP contribution in [-0.4, -0.2) is 10.1 Å². The molecular formula is C14H8BrClFN3O. The van der Waals surface area contributed by atoms with Gasteiger partial charge in [0.2, 0.25) is 5.82 Å². The molecule has 0 fully saturated rings. The Morgan fingerprint density at radius 1 is 1.14 bits per heavy atom. The quantitative estimate of drug-likeness (QED) is 0.674. The molecule has 2 N–H and O–H groups in total. The third kappa shape index (κ3) is 2.91. The highest BCUT2D eigenvalue weighted by Crippen LogP contribution is 2.28. The fraction of sp³-hybridized carbons (Fsp3) is 0. The van der Waals surface area contributed by atoms with Crippen molar-refractivity contribution in [1.29, 1.82) is 0 Å². The monoisotopic (exact) mass is 367 g/mol. The maximum absolute atomic E-state index is 13.2. The van der Waals surface area contributed by atoms with E-state index in [0.29, 0.717) is 28.5 Å². The van der Waals surface area contributed by atoms with Gasteiger partial charge >= 0.3 is 0 Å². The first-order chi connectivity index (χ1) is 10.0. The van der Waals surface area contributed by atoms with Gasteiger partial charge in [-0.15, -0.1) is 0 Å². The van der Waals surface area contributed by atoms with Gasteiger partial charge in [-0.1, -0.05) is 32.7 Å². The smallest absolute Gasteiger partial charge is 0.258 e. The highest BCUT2D eigenvalue weighted by atomic mass is 79.9. The van der Waals surface area contributed by atoms with Crippen LogP contribution in [0.5, 0.6) is 0 Å². The van der Waals surface area contributed by atoms with Gasteiger partial charge in [-0.25, -0.2) is 4.39 Å². The summed E-state index contributed by atoms with van der Waals surface area (Å²) in [7, 11) is 0. The van der Waals surface area contributed by atoms with Crippen molar-refractivity contribution in [3.8, 4) is 22.8 Å². The molecule has 0 aliphatic rings. The van der Waals surface area contributed by atoms with Crippen molar-refractivity contribution < 1.29 is 8.91 Å². The number of rotatable bonds is 2. The summed E-state index contributed by atoms with van der Waals surface area (Å²) in [6.07, 6.45) is 0. The minimum Gasteiger partial charge on any atom is -0.399 e. The molecule has 2 aromatic carbocycles. The van der Waals surface area contributed by atoms with Crippen LogP contribution in [0.1, 0.15) is 0 Å². The number of benzene rings is 2. The molecule has 21 heavy (non-hydrogen) atoms. The number of aromatic nitrogens is 2. The Balaban J connectivity index is 2.01. The van der Waals surface area contributed by atoms with Crippen molar-refractivity contribution >= 4 is 33.2 Å². The van der Waals surface area contributed by atoms with Crippen LogP contribution in [0, 0.1) is 5.82 Å². The number of hydrogen-bond acceptors (Lipinski definition) is 4. The Bertz CT molecular complexity index is 801. The molecule has 0 aliphatic carbocycles. The van der Waals surface area contributed by atoms with Gasteiger partial charge in [0, 0.05) is 21.3 Å². The highest BCUT2D eigenvalue weighted by Gasteiger charge is 2.13.